The molecule has 1 N–H and O–H groups in total. The molecule has 1 aromatic rings. The van der Waals surface area contributed by atoms with Gasteiger partial charge in [0.25, 0.3) is 0 Å². The number of rotatable bonds is 3. The Morgan fingerprint density at radius 1 is 1.71 bits per heavy atom. The molecule has 1 aliphatic rings. The van der Waals surface area contributed by atoms with Gasteiger partial charge < -0.3 is 14.5 Å². The predicted octanol–water partition coefficient (Wildman–Crippen LogP) is 1.05. The van der Waals surface area contributed by atoms with Crippen LogP contribution in [0.2, 0.25) is 0 Å². The molecule has 0 unspecified atom stereocenters. The Morgan fingerprint density at radius 3 is 3.29 bits per heavy atom. The fraction of sp³-hybridized carbons (Fsp3) is 0.500. The summed E-state index contributed by atoms with van der Waals surface area (Å²) in [5, 5.41) is 3.22. The molecular weight excluding hydrogens is 182 g/mol. The van der Waals surface area contributed by atoms with E-state index >= 15 is 0 Å². The first-order valence-corrected chi connectivity index (χ1v) is 4.77. The number of ether oxygens (including phenoxy) is 1. The highest BCUT2D eigenvalue weighted by Gasteiger charge is 2.17. The van der Waals surface area contributed by atoms with Crippen molar-refractivity contribution in [3.05, 3.63) is 24.2 Å². The van der Waals surface area contributed by atoms with Crippen LogP contribution in [0.25, 0.3) is 0 Å². The van der Waals surface area contributed by atoms with Crippen LogP contribution in [-0.2, 0) is 4.74 Å². The summed E-state index contributed by atoms with van der Waals surface area (Å²) in [5.74, 6) is 0.353. The third-order valence-electron chi connectivity index (χ3n) is 2.33. The molecule has 2 rings (SSSR count). The quantitative estimate of drug-likeness (QED) is 0.732. The lowest BCUT2D eigenvalue weighted by molar-refractivity contribution is 0.0414. The summed E-state index contributed by atoms with van der Waals surface area (Å²) < 4.78 is 10.0. The lowest BCUT2D eigenvalue weighted by Crippen LogP contribution is -2.16. The minimum absolute atomic E-state index is 0.274. The minimum atomic E-state index is -0.373. The van der Waals surface area contributed by atoms with Crippen LogP contribution in [0, 0.1) is 5.92 Å². The van der Waals surface area contributed by atoms with E-state index in [2.05, 4.69) is 5.32 Å². The summed E-state index contributed by atoms with van der Waals surface area (Å²) in [6.07, 6.45) is 2.54. The van der Waals surface area contributed by atoms with Crippen molar-refractivity contribution in [1.29, 1.82) is 0 Å². The van der Waals surface area contributed by atoms with Crippen LogP contribution < -0.4 is 5.32 Å². The number of furan rings is 1. The molecule has 0 radical (unpaired) electrons. The molecule has 1 aromatic heterocycles. The molecule has 4 nitrogen and oxygen atoms in total. The maximum atomic E-state index is 11.3. The van der Waals surface area contributed by atoms with E-state index < -0.39 is 0 Å². The van der Waals surface area contributed by atoms with E-state index in [1.807, 2.05) is 0 Å². The summed E-state index contributed by atoms with van der Waals surface area (Å²) in [6, 6.07) is 3.28. The largest absolute Gasteiger partial charge is 0.459 e. The van der Waals surface area contributed by atoms with Gasteiger partial charge in [-0.25, -0.2) is 4.79 Å². The van der Waals surface area contributed by atoms with E-state index in [0.29, 0.717) is 12.5 Å². The molecule has 4 heteroatoms. The van der Waals surface area contributed by atoms with Gasteiger partial charge in [-0.2, -0.15) is 0 Å². The lowest BCUT2D eigenvalue weighted by atomic mass is 10.1. The number of nitrogens with one attached hydrogen (secondary N) is 1. The second kappa shape index (κ2) is 4.28. The van der Waals surface area contributed by atoms with Crippen LogP contribution >= 0.6 is 0 Å². The number of hydrogen-bond acceptors (Lipinski definition) is 4. The second-order valence-corrected chi connectivity index (χ2v) is 3.43. The van der Waals surface area contributed by atoms with Crippen LogP contribution in [-0.4, -0.2) is 25.7 Å². The molecule has 1 atom stereocenters. The fourth-order valence-corrected chi connectivity index (χ4v) is 1.52. The molecule has 14 heavy (non-hydrogen) atoms. The van der Waals surface area contributed by atoms with Crippen molar-refractivity contribution < 1.29 is 13.9 Å². The SMILES string of the molecule is O=C(OC[C@H]1CCNC1)c1ccco1. The average Bonchev–Trinajstić information content (AvgIpc) is 2.87. The van der Waals surface area contributed by atoms with Crippen molar-refractivity contribution in [1.82, 2.24) is 5.32 Å². The Hall–Kier alpha value is -1.29. The zero-order valence-corrected chi connectivity index (χ0v) is 7.86. The van der Waals surface area contributed by atoms with Crippen LogP contribution in [0.3, 0.4) is 0 Å². The normalized spacial score (nSPS) is 21.0. The summed E-state index contributed by atoms with van der Waals surface area (Å²) in [5.41, 5.74) is 0. The maximum Gasteiger partial charge on any atom is 0.374 e. The van der Waals surface area contributed by atoms with Gasteiger partial charge in [0, 0.05) is 12.5 Å². The lowest BCUT2D eigenvalue weighted by Gasteiger charge is -2.07. The molecule has 2 heterocycles. The van der Waals surface area contributed by atoms with Crippen molar-refractivity contribution >= 4 is 5.97 Å². The van der Waals surface area contributed by atoms with Crippen LogP contribution in [0.1, 0.15) is 17.0 Å². The Kier molecular flexibility index (Phi) is 2.84. The van der Waals surface area contributed by atoms with Gasteiger partial charge in [-0.15, -0.1) is 0 Å². The number of hydrogen-bond donors (Lipinski definition) is 1. The summed E-state index contributed by atoms with van der Waals surface area (Å²) in [6.45, 7) is 2.43. The first-order chi connectivity index (χ1) is 6.86. The number of carbonyl (C=O) groups is 1. The maximum absolute atomic E-state index is 11.3. The van der Waals surface area contributed by atoms with Gasteiger partial charge in [0.2, 0.25) is 5.76 Å². The second-order valence-electron chi connectivity index (χ2n) is 3.43. The summed E-state index contributed by atoms with van der Waals surface area (Å²) in [7, 11) is 0. The third-order valence-corrected chi connectivity index (χ3v) is 2.33. The molecule has 1 saturated heterocycles. The zero-order chi connectivity index (χ0) is 9.80. The van der Waals surface area contributed by atoms with E-state index in [1.54, 1.807) is 12.1 Å². The molecular formula is C10H13NO3. The highest BCUT2D eigenvalue weighted by atomic mass is 16.5. The summed E-state index contributed by atoms with van der Waals surface area (Å²) in [4.78, 5) is 11.3. The number of carbonyl (C=O) groups excluding carboxylic acids is 1. The van der Waals surface area contributed by atoms with Crippen molar-refractivity contribution in [2.45, 2.75) is 6.42 Å². The van der Waals surface area contributed by atoms with E-state index in [4.69, 9.17) is 9.15 Å². The van der Waals surface area contributed by atoms with Crippen molar-refractivity contribution in [3.8, 4) is 0 Å². The first kappa shape index (κ1) is 9.27. The van der Waals surface area contributed by atoms with Gasteiger partial charge in [-0.1, -0.05) is 0 Å². The van der Waals surface area contributed by atoms with Crippen molar-refractivity contribution in [2.75, 3.05) is 19.7 Å². The standard InChI is InChI=1S/C10H13NO3/c12-10(9-2-1-5-13-9)14-7-8-3-4-11-6-8/h1-2,5,8,11H,3-4,6-7H2/t8-/m0/s1. The highest BCUT2D eigenvalue weighted by molar-refractivity contribution is 5.86. The molecule has 0 saturated carbocycles. The van der Waals surface area contributed by atoms with Gasteiger partial charge in [0.15, 0.2) is 0 Å². The first-order valence-electron chi connectivity index (χ1n) is 4.77. The van der Waals surface area contributed by atoms with Crippen molar-refractivity contribution in [2.24, 2.45) is 5.92 Å². The molecule has 76 valence electrons. The van der Waals surface area contributed by atoms with Crippen LogP contribution in [0.4, 0.5) is 0 Å². The smallest absolute Gasteiger partial charge is 0.374 e. The topological polar surface area (TPSA) is 51.5 Å². The average molecular weight is 195 g/mol. The molecule has 0 spiro atoms. The third kappa shape index (κ3) is 2.14. The van der Waals surface area contributed by atoms with Gasteiger partial charge in [0.1, 0.15) is 0 Å². The molecule has 1 aliphatic heterocycles. The molecule has 0 aromatic carbocycles. The Labute approximate surface area is 82.2 Å². The van der Waals surface area contributed by atoms with E-state index in [0.717, 1.165) is 19.5 Å². The van der Waals surface area contributed by atoms with E-state index in [-0.39, 0.29) is 11.7 Å². The Balaban J connectivity index is 1.78. The molecule has 0 aliphatic carbocycles. The van der Waals surface area contributed by atoms with E-state index in [9.17, 15) is 4.79 Å². The molecule has 0 amide bonds. The van der Waals surface area contributed by atoms with Gasteiger partial charge in [-0.3, -0.25) is 0 Å². The van der Waals surface area contributed by atoms with Gasteiger partial charge >= 0.3 is 5.97 Å². The number of esters is 1. The monoisotopic (exact) mass is 195 g/mol. The Morgan fingerprint density at radius 2 is 2.64 bits per heavy atom. The highest BCUT2D eigenvalue weighted by Crippen LogP contribution is 2.09. The van der Waals surface area contributed by atoms with Crippen LogP contribution in [0.15, 0.2) is 22.8 Å². The minimum Gasteiger partial charge on any atom is -0.459 e. The van der Waals surface area contributed by atoms with E-state index in [1.165, 1.54) is 6.26 Å². The Bertz CT molecular complexity index is 288. The van der Waals surface area contributed by atoms with Crippen molar-refractivity contribution in [3.63, 3.8) is 0 Å². The van der Waals surface area contributed by atoms with Gasteiger partial charge in [-0.05, 0) is 25.1 Å². The fourth-order valence-electron chi connectivity index (χ4n) is 1.52. The van der Waals surface area contributed by atoms with Gasteiger partial charge in [0.05, 0.1) is 12.9 Å². The summed E-state index contributed by atoms with van der Waals surface area (Å²) >= 11 is 0. The molecule has 0 bridgehead atoms. The zero-order valence-electron chi connectivity index (χ0n) is 7.86. The predicted molar refractivity (Wildman–Crippen MR) is 50.0 cm³/mol. The molecule has 1 fully saturated rings. The van der Waals surface area contributed by atoms with Crippen LogP contribution in [0.5, 0.6) is 0 Å².